The lowest BCUT2D eigenvalue weighted by molar-refractivity contribution is 0.0697. The maximum absolute atomic E-state index is 11.0. The number of aromatic nitrogens is 1. The standard InChI is InChI=1S/C15H14ClN3O4/c1-8-14(21)12(9(7-20)5-17-8)6-18-19-10-2-3-13(16)11(4-10)15(22)23/h2-6,19-21H,7H2,1H3,(H,22,23)/b18-6+. The number of aryl methyl sites for hydroxylation is 1. The van der Waals surface area contributed by atoms with Crippen molar-refractivity contribution in [2.24, 2.45) is 5.10 Å². The molecule has 0 bridgehead atoms. The first kappa shape index (κ1) is 16.7. The van der Waals surface area contributed by atoms with Crippen molar-refractivity contribution in [3.8, 4) is 5.75 Å². The predicted octanol–water partition coefficient (Wildman–Crippen LogP) is 2.39. The molecule has 7 nitrogen and oxygen atoms in total. The van der Waals surface area contributed by atoms with E-state index in [1.165, 1.54) is 24.5 Å². The molecule has 0 fully saturated rings. The van der Waals surface area contributed by atoms with E-state index in [4.69, 9.17) is 16.7 Å². The zero-order valence-electron chi connectivity index (χ0n) is 12.1. The summed E-state index contributed by atoms with van der Waals surface area (Å²) in [5.74, 6) is -1.22. The number of hydrogen-bond donors (Lipinski definition) is 4. The Morgan fingerprint density at radius 2 is 2.22 bits per heavy atom. The molecule has 0 saturated heterocycles. The van der Waals surface area contributed by atoms with Crippen molar-refractivity contribution in [3.63, 3.8) is 0 Å². The van der Waals surface area contributed by atoms with Crippen LogP contribution in [0.5, 0.6) is 5.75 Å². The summed E-state index contributed by atoms with van der Waals surface area (Å²) >= 11 is 5.78. The van der Waals surface area contributed by atoms with Gasteiger partial charge in [0.25, 0.3) is 0 Å². The van der Waals surface area contributed by atoms with Gasteiger partial charge in [-0.15, -0.1) is 0 Å². The second kappa shape index (κ2) is 7.08. The van der Waals surface area contributed by atoms with Crippen molar-refractivity contribution in [2.75, 3.05) is 5.43 Å². The minimum Gasteiger partial charge on any atom is -0.505 e. The molecule has 8 heteroatoms. The van der Waals surface area contributed by atoms with E-state index in [9.17, 15) is 15.0 Å². The van der Waals surface area contributed by atoms with Gasteiger partial charge in [-0.3, -0.25) is 10.4 Å². The number of aliphatic hydroxyl groups excluding tert-OH is 1. The van der Waals surface area contributed by atoms with Crippen LogP contribution in [0, 0.1) is 6.92 Å². The van der Waals surface area contributed by atoms with Crippen LogP contribution in [0.3, 0.4) is 0 Å². The van der Waals surface area contributed by atoms with Gasteiger partial charge in [0.1, 0.15) is 5.75 Å². The van der Waals surface area contributed by atoms with Crippen LogP contribution >= 0.6 is 11.6 Å². The van der Waals surface area contributed by atoms with Gasteiger partial charge < -0.3 is 15.3 Å². The number of hydrogen-bond acceptors (Lipinski definition) is 6. The SMILES string of the molecule is Cc1ncc(CO)c(/C=N/Nc2ccc(Cl)c(C(=O)O)c2)c1O. The topological polar surface area (TPSA) is 115 Å². The number of anilines is 1. The first-order valence-corrected chi connectivity index (χ1v) is 6.92. The normalized spacial score (nSPS) is 10.9. The quantitative estimate of drug-likeness (QED) is 0.492. The number of aliphatic hydroxyl groups is 1. The van der Waals surface area contributed by atoms with Gasteiger partial charge in [-0.05, 0) is 25.1 Å². The number of nitrogens with zero attached hydrogens (tertiary/aromatic N) is 2. The number of carboxylic acids is 1. The molecule has 2 aromatic rings. The highest BCUT2D eigenvalue weighted by atomic mass is 35.5. The summed E-state index contributed by atoms with van der Waals surface area (Å²) in [5, 5.41) is 32.3. The number of pyridine rings is 1. The third-order valence-electron chi connectivity index (χ3n) is 3.11. The molecule has 2 rings (SSSR count). The van der Waals surface area contributed by atoms with Gasteiger partial charge in [-0.1, -0.05) is 11.6 Å². The lowest BCUT2D eigenvalue weighted by Crippen LogP contribution is -2.01. The predicted molar refractivity (Wildman–Crippen MR) is 86.2 cm³/mol. The van der Waals surface area contributed by atoms with Gasteiger partial charge in [-0.25, -0.2) is 4.79 Å². The maximum Gasteiger partial charge on any atom is 0.337 e. The zero-order chi connectivity index (χ0) is 17.0. The van der Waals surface area contributed by atoms with Crippen LogP contribution in [-0.2, 0) is 6.61 Å². The van der Waals surface area contributed by atoms with Crippen LogP contribution in [0.4, 0.5) is 5.69 Å². The largest absolute Gasteiger partial charge is 0.505 e. The molecule has 23 heavy (non-hydrogen) atoms. The Morgan fingerprint density at radius 1 is 1.48 bits per heavy atom. The second-order valence-corrected chi connectivity index (χ2v) is 5.07. The van der Waals surface area contributed by atoms with E-state index in [0.29, 0.717) is 22.5 Å². The van der Waals surface area contributed by atoms with E-state index in [2.05, 4.69) is 15.5 Å². The Balaban J connectivity index is 2.25. The molecule has 0 aliphatic rings. The fourth-order valence-corrected chi connectivity index (χ4v) is 2.05. The molecule has 4 N–H and O–H groups in total. The highest BCUT2D eigenvalue weighted by Crippen LogP contribution is 2.23. The minimum absolute atomic E-state index is 0.0504. The van der Waals surface area contributed by atoms with Gasteiger partial charge in [0.05, 0.1) is 34.8 Å². The zero-order valence-corrected chi connectivity index (χ0v) is 12.9. The maximum atomic E-state index is 11.0. The number of aromatic hydroxyl groups is 1. The number of rotatable bonds is 5. The number of carbonyl (C=O) groups is 1. The van der Waals surface area contributed by atoms with E-state index in [-0.39, 0.29) is 22.9 Å². The number of aromatic carboxylic acids is 1. The third-order valence-corrected chi connectivity index (χ3v) is 3.44. The molecular formula is C15H14ClN3O4. The molecule has 1 heterocycles. The number of halogens is 1. The molecule has 0 aliphatic carbocycles. The Kier molecular flexibility index (Phi) is 5.15. The van der Waals surface area contributed by atoms with Crippen LogP contribution in [0.2, 0.25) is 5.02 Å². The highest BCUT2D eigenvalue weighted by Gasteiger charge is 2.10. The summed E-state index contributed by atoms with van der Waals surface area (Å²) in [4.78, 5) is 15.0. The number of hydrazone groups is 1. The summed E-state index contributed by atoms with van der Waals surface area (Å²) < 4.78 is 0. The average molecular weight is 336 g/mol. The van der Waals surface area contributed by atoms with Gasteiger partial charge in [0.15, 0.2) is 0 Å². The van der Waals surface area contributed by atoms with Crippen LogP contribution in [0.1, 0.15) is 27.2 Å². The molecular weight excluding hydrogens is 322 g/mol. The van der Waals surface area contributed by atoms with Gasteiger partial charge >= 0.3 is 5.97 Å². The van der Waals surface area contributed by atoms with Crippen molar-refractivity contribution < 1.29 is 20.1 Å². The van der Waals surface area contributed by atoms with Crippen LogP contribution in [0.25, 0.3) is 0 Å². The summed E-state index contributed by atoms with van der Waals surface area (Å²) in [7, 11) is 0. The van der Waals surface area contributed by atoms with Crippen molar-refractivity contribution in [1.82, 2.24) is 4.98 Å². The van der Waals surface area contributed by atoms with Crippen LogP contribution in [-0.4, -0.2) is 32.5 Å². The Bertz CT molecular complexity index is 778. The molecule has 1 aromatic heterocycles. The second-order valence-electron chi connectivity index (χ2n) is 4.66. The molecule has 0 atom stereocenters. The van der Waals surface area contributed by atoms with Crippen LogP contribution < -0.4 is 5.43 Å². The number of nitrogens with one attached hydrogen (secondary N) is 1. The molecule has 120 valence electrons. The van der Waals surface area contributed by atoms with Gasteiger partial charge in [0.2, 0.25) is 0 Å². The molecule has 0 aliphatic heterocycles. The number of benzene rings is 1. The lowest BCUT2D eigenvalue weighted by atomic mass is 10.1. The molecule has 0 radical (unpaired) electrons. The summed E-state index contributed by atoms with van der Waals surface area (Å²) in [5.41, 5.74) is 4.17. The average Bonchev–Trinajstić information content (AvgIpc) is 2.53. The van der Waals surface area contributed by atoms with Crippen molar-refractivity contribution in [3.05, 3.63) is 51.8 Å². The molecule has 0 amide bonds. The molecule has 0 unspecified atom stereocenters. The van der Waals surface area contributed by atoms with Crippen LogP contribution in [0.15, 0.2) is 29.5 Å². The first-order valence-electron chi connectivity index (χ1n) is 6.54. The minimum atomic E-state index is -1.15. The summed E-state index contributed by atoms with van der Waals surface area (Å²) in [6.45, 7) is 1.33. The molecule has 1 aromatic carbocycles. The van der Waals surface area contributed by atoms with E-state index in [1.54, 1.807) is 13.0 Å². The lowest BCUT2D eigenvalue weighted by Gasteiger charge is -2.07. The molecule has 0 spiro atoms. The van der Waals surface area contributed by atoms with E-state index < -0.39 is 5.97 Å². The third kappa shape index (κ3) is 3.77. The molecule has 0 saturated carbocycles. The fourth-order valence-electron chi connectivity index (χ4n) is 1.85. The summed E-state index contributed by atoms with van der Waals surface area (Å²) in [6.07, 6.45) is 2.77. The van der Waals surface area contributed by atoms with E-state index in [0.717, 1.165) is 0 Å². The number of carboxylic acid groups (broad SMARTS) is 1. The Labute approximate surface area is 136 Å². The summed E-state index contributed by atoms with van der Waals surface area (Å²) in [6, 6.07) is 4.35. The van der Waals surface area contributed by atoms with Crippen molar-refractivity contribution in [2.45, 2.75) is 13.5 Å². The van der Waals surface area contributed by atoms with Gasteiger partial charge in [0, 0.05) is 17.3 Å². The first-order chi connectivity index (χ1) is 10.9. The monoisotopic (exact) mass is 335 g/mol. The van der Waals surface area contributed by atoms with E-state index in [1.807, 2.05) is 0 Å². The van der Waals surface area contributed by atoms with E-state index >= 15 is 0 Å². The highest BCUT2D eigenvalue weighted by molar-refractivity contribution is 6.33. The smallest absolute Gasteiger partial charge is 0.337 e. The fraction of sp³-hybridized carbons (Fsp3) is 0.133. The Hall–Kier alpha value is -2.64. The van der Waals surface area contributed by atoms with Gasteiger partial charge in [-0.2, -0.15) is 5.10 Å². The van der Waals surface area contributed by atoms with Crippen molar-refractivity contribution in [1.29, 1.82) is 0 Å². The Morgan fingerprint density at radius 3 is 2.87 bits per heavy atom. The van der Waals surface area contributed by atoms with Crippen molar-refractivity contribution >= 4 is 29.5 Å².